The molecule has 1 aliphatic carbocycles. The molecule has 1 aliphatic rings. The van der Waals surface area contributed by atoms with Crippen molar-refractivity contribution >= 4 is 0 Å². The summed E-state index contributed by atoms with van der Waals surface area (Å²) in [5, 5.41) is 12.1. The van der Waals surface area contributed by atoms with Crippen LogP contribution < -0.4 is 5.32 Å². The molecule has 0 spiro atoms. The molecule has 0 aromatic rings. The Bertz CT molecular complexity index is 221. The smallest absolute Gasteiger partial charge is 0.0965 e. The minimum Gasteiger partial charge on any atom is -0.306 e. The van der Waals surface area contributed by atoms with Gasteiger partial charge in [-0.1, -0.05) is 13.8 Å². The van der Waals surface area contributed by atoms with Gasteiger partial charge in [0.15, 0.2) is 0 Å². The zero-order valence-corrected chi connectivity index (χ0v) is 10.2. The van der Waals surface area contributed by atoms with E-state index in [1.54, 1.807) is 0 Å². The molecule has 0 bridgehead atoms. The van der Waals surface area contributed by atoms with Gasteiger partial charge in [0.1, 0.15) is 0 Å². The van der Waals surface area contributed by atoms with E-state index in [1.807, 2.05) is 6.92 Å². The summed E-state index contributed by atoms with van der Waals surface area (Å²) >= 11 is 0. The van der Waals surface area contributed by atoms with Crippen LogP contribution in [0.25, 0.3) is 0 Å². The molecule has 1 rings (SSSR count). The first-order valence-corrected chi connectivity index (χ1v) is 5.98. The van der Waals surface area contributed by atoms with Gasteiger partial charge in [-0.25, -0.2) is 0 Å². The average molecular weight is 209 g/mol. The second kappa shape index (κ2) is 6.09. The third kappa shape index (κ3) is 4.63. The molecule has 0 aromatic carbocycles. The summed E-state index contributed by atoms with van der Waals surface area (Å²) in [5.41, 5.74) is 0. The number of hydrogen-bond donors (Lipinski definition) is 1. The van der Waals surface area contributed by atoms with Crippen LogP contribution in [0.1, 0.15) is 26.7 Å². The van der Waals surface area contributed by atoms with E-state index in [-0.39, 0.29) is 6.04 Å². The number of nitrogens with zero attached hydrogens (tertiary/aromatic N) is 2. The van der Waals surface area contributed by atoms with Crippen molar-refractivity contribution in [3.05, 3.63) is 0 Å². The maximum atomic E-state index is 8.88. The standard InChI is InChI=1S/C12H23N3/c1-4-14-12(8-13)5-6-15(3)9-11-7-10(11)2/h10-12,14H,4-7,9H2,1-3H3. The van der Waals surface area contributed by atoms with Gasteiger partial charge in [0.2, 0.25) is 0 Å². The van der Waals surface area contributed by atoms with E-state index >= 15 is 0 Å². The molecule has 0 radical (unpaired) electrons. The van der Waals surface area contributed by atoms with E-state index in [2.05, 4.69) is 30.3 Å². The monoisotopic (exact) mass is 209 g/mol. The fraction of sp³-hybridized carbons (Fsp3) is 0.917. The second-order valence-corrected chi connectivity index (χ2v) is 4.76. The summed E-state index contributed by atoms with van der Waals surface area (Å²) in [7, 11) is 2.16. The predicted octanol–water partition coefficient (Wildman–Crippen LogP) is 1.47. The molecule has 1 N–H and O–H groups in total. The summed E-state index contributed by atoms with van der Waals surface area (Å²) in [6.45, 7) is 7.46. The van der Waals surface area contributed by atoms with Crippen molar-refractivity contribution in [3.8, 4) is 6.07 Å². The molecule has 15 heavy (non-hydrogen) atoms. The Kier molecular flexibility index (Phi) is 5.07. The van der Waals surface area contributed by atoms with E-state index in [0.717, 1.165) is 31.3 Å². The van der Waals surface area contributed by atoms with Crippen molar-refractivity contribution in [3.63, 3.8) is 0 Å². The Hall–Kier alpha value is -0.590. The highest BCUT2D eigenvalue weighted by Crippen LogP contribution is 2.37. The van der Waals surface area contributed by atoms with Crippen LogP contribution in [-0.4, -0.2) is 37.6 Å². The Balaban J connectivity index is 2.09. The molecule has 0 amide bonds. The van der Waals surface area contributed by atoms with Gasteiger partial charge in [0, 0.05) is 13.1 Å². The van der Waals surface area contributed by atoms with Crippen LogP contribution in [0.4, 0.5) is 0 Å². The van der Waals surface area contributed by atoms with E-state index < -0.39 is 0 Å². The lowest BCUT2D eigenvalue weighted by Gasteiger charge is -2.18. The molecule has 3 nitrogen and oxygen atoms in total. The van der Waals surface area contributed by atoms with Gasteiger partial charge in [-0.3, -0.25) is 0 Å². The Morgan fingerprint density at radius 2 is 2.27 bits per heavy atom. The summed E-state index contributed by atoms with van der Waals surface area (Å²) in [4.78, 5) is 2.36. The molecule has 0 aromatic heterocycles. The number of nitrogens with one attached hydrogen (secondary N) is 1. The van der Waals surface area contributed by atoms with Gasteiger partial charge in [-0.2, -0.15) is 5.26 Å². The van der Waals surface area contributed by atoms with Gasteiger partial charge in [-0.15, -0.1) is 0 Å². The number of nitriles is 1. The first-order valence-electron chi connectivity index (χ1n) is 5.98. The SMILES string of the molecule is CCNC(C#N)CCN(C)CC1CC1C. The predicted molar refractivity (Wildman–Crippen MR) is 62.5 cm³/mol. The van der Waals surface area contributed by atoms with Gasteiger partial charge >= 0.3 is 0 Å². The van der Waals surface area contributed by atoms with Crippen molar-refractivity contribution in [1.29, 1.82) is 5.26 Å². The normalized spacial score (nSPS) is 26.3. The summed E-state index contributed by atoms with van der Waals surface area (Å²) in [6.07, 6.45) is 2.32. The molecular formula is C12H23N3. The number of rotatable bonds is 7. The zero-order valence-electron chi connectivity index (χ0n) is 10.2. The Labute approximate surface area is 93.5 Å². The molecule has 3 unspecified atom stereocenters. The topological polar surface area (TPSA) is 39.1 Å². The van der Waals surface area contributed by atoms with Crippen LogP contribution in [0.5, 0.6) is 0 Å². The number of hydrogen-bond acceptors (Lipinski definition) is 3. The molecule has 1 fully saturated rings. The van der Waals surface area contributed by atoms with Crippen LogP contribution in [0, 0.1) is 23.2 Å². The lowest BCUT2D eigenvalue weighted by Crippen LogP contribution is -2.32. The minimum absolute atomic E-state index is 0.0223. The lowest BCUT2D eigenvalue weighted by atomic mass is 10.2. The van der Waals surface area contributed by atoms with Crippen LogP contribution in [0.3, 0.4) is 0 Å². The van der Waals surface area contributed by atoms with Crippen molar-refractivity contribution in [1.82, 2.24) is 10.2 Å². The molecule has 86 valence electrons. The highest BCUT2D eigenvalue weighted by atomic mass is 15.1. The van der Waals surface area contributed by atoms with Crippen molar-refractivity contribution in [2.24, 2.45) is 11.8 Å². The van der Waals surface area contributed by atoms with Crippen molar-refractivity contribution in [2.75, 3.05) is 26.7 Å². The van der Waals surface area contributed by atoms with E-state index in [9.17, 15) is 0 Å². The maximum absolute atomic E-state index is 8.88. The van der Waals surface area contributed by atoms with Gasteiger partial charge in [0.05, 0.1) is 12.1 Å². The molecule has 0 heterocycles. The van der Waals surface area contributed by atoms with Gasteiger partial charge in [0.25, 0.3) is 0 Å². The fourth-order valence-electron chi connectivity index (χ4n) is 1.95. The lowest BCUT2D eigenvalue weighted by molar-refractivity contribution is 0.301. The molecule has 3 heteroatoms. The maximum Gasteiger partial charge on any atom is 0.0965 e. The van der Waals surface area contributed by atoms with Crippen LogP contribution >= 0.6 is 0 Å². The quantitative estimate of drug-likeness (QED) is 0.690. The Morgan fingerprint density at radius 3 is 2.73 bits per heavy atom. The summed E-state index contributed by atoms with van der Waals surface area (Å²) < 4.78 is 0. The van der Waals surface area contributed by atoms with Crippen molar-refractivity contribution in [2.45, 2.75) is 32.7 Å². The second-order valence-electron chi connectivity index (χ2n) is 4.76. The minimum atomic E-state index is 0.0223. The molecule has 1 saturated carbocycles. The average Bonchev–Trinajstić information content (AvgIpc) is 2.88. The first-order chi connectivity index (χ1) is 7.17. The van der Waals surface area contributed by atoms with Crippen LogP contribution in [0.15, 0.2) is 0 Å². The molecule has 0 saturated heterocycles. The third-order valence-electron chi connectivity index (χ3n) is 3.23. The van der Waals surface area contributed by atoms with Gasteiger partial charge < -0.3 is 10.2 Å². The largest absolute Gasteiger partial charge is 0.306 e. The molecule has 0 aliphatic heterocycles. The zero-order chi connectivity index (χ0) is 11.3. The van der Waals surface area contributed by atoms with E-state index in [4.69, 9.17) is 5.26 Å². The van der Waals surface area contributed by atoms with Crippen molar-refractivity contribution < 1.29 is 0 Å². The molecule has 3 atom stereocenters. The molecular weight excluding hydrogens is 186 g/mol. The van der Waals surface area contributed by atoms with E-state index in [0.29, 0.717) is 0 Å². The van der Waals surface area contributed by atoms with E-state index in [1.165, 1.54) is 13.0 Å². The highest BCUT2D eigenvalue weighted by Gasteiger charge is 2.32. The Morgan fingerprint density at radius 1 is 1.60 bits per heavy atom. The summed E-state index contributed by atoms with van der Waals surface area (Å²) in [6, 6.07) is 2.32. The highest BCUT2D eigenvalue weighted by molar-refractivity contribution is 4.90. The van der Waals surface area contributed by atoms with Crippen LogP contribution in [0.2, 0.25) is 0 Å². The van der Waals surface area contributed by atoms with Gasteiger partial charge in [-0.05, 0) is 38.3 Å². The fourth-order valence-corrected chi connectivity index (χ4v) is 1.95. The first kappa shape index (κ1) is 12.5. The summed E-state index contributed by atoms with van der Waals surface area (Å²) in [5.74, 6) is 1.84. The van der Waals surface area contributed by atoms with Crippen LogP contribution in [-0.2, 0) is 0 Å². The third-order valence-corrected chi connectivity index (χ3v) is 3.23.